The van der Waals surface area contributed by atoms with Gasteiger partial charge in [0.25, 0.3) is 0 Å². The lowest BCUT2D eigenvalue weighted by Crippen LogP contribution is -2.17. The van der Waals surface area contributed by atoms with E-state index in [9.17, 15) is 0 Å². The first-order chi connectivity index (χ1) is 14.0. The number of alkyl halides is 1. The van der Waals surface area contributed by atoms with Crippen LogP contribution in [0.3, 0.4) is 0 Å². The molecule has 0 saturated carbocycles. The molecule has 1 aromatic heterocycles. The number of hydrogen-bond acceptors (Lipinski definition) is 1. The Morgan fingerprint density at radius 3 is 2.41 bits per heavy atom. The molecule has 0 aliphatic rings. The van der Waals surface area contributed by atoms with Crippen molar-refractivity contribution < 1.29 is 0 Å². The van der Waals surface area contributed by atoms with Crippen molar-refractivity contribution in [2.75, 3.05) is 0 Å². The smallest absolute Gasteiger partial charge is 0.107 e. The summed E-state index contributed by atoms with van der Waals surface area (Å²) in [5.74, 6) is 2.17. The molecule has 3 unspecified atom stereocenters. The molecule has 29 heavy (non-hydrogen) atoms. The van der Waals surface area contributed by atoms with Crippen LogP contribution in [-0.2, 0) is 6.42 Å². The van der Waals surface area contributed by atoms with Gasteiger partial charge in [0.2, 0.25) is 0 Å². The van der Waals surface area contributed by atoms with Crippen LogP contribution in [0.4, 0.5) is 0 Å². The Balaban J connectivity index is 2.06. The van der Waals surface area contributed by atoms with Gasteiger partial charge in [-0.2, -0.15) is 0 Å². The maximum atomic E-state index is 4.78. The minimum Gasteiger partial charge on any atom is -0.346 e. The quantitative estimate of drug-likeness (QED) is 0.173. The van der Waals surface area contributed by atoms with Gasteiger partial charge in [0.15, 0.2) is 0 Å². The van der Waals surface area contributed by atoms with E-state index in [4.69, 9.17) is 4.98 Å². The van der Waals surface area contributed by atoms with Gasteiger partial charge in [0.1, 0.15) is 5.82 Å². The SMILES string of the molecule is C=CCC(CCCC(Br)CCCCC)C(Cc1nc(C)c(C)[nH]1)c1ccccc1. The van der Waals surface area contributed by atoms with Crippen molar-refractivity contribution in [3.05, 3.63) is 65.8 Å². The van der Waals surface area contributed by atoms with Crippen LogP contribution in [0.25, 0.3) is 0 Å². The zero-order valence-corrected chi connectivity index (χ0v) is 20.2. The van der Waals surface area contributed by atoms with Gasteiger partial charge in [-0.05, 0) is 56.9 Å². The van der Waals surface area contributed by atoms with Crippen molar-refractivity contribution in [2.45, 2.75) is 89.3 Å². The molecule has 0 aliphatic carbocycles. The largest absolute Gasteiger partial charge is 0.346 e. The summed E-state index contributed by atoms with van der Waals surface area (Å²) in [5, 5.41) is 0. The Morgan fingerprint density at radius 1 is 1.07 bits per heavy atom. The summed E-state index contributed by atoms with van der Waals surface area (Å²) in [4.78, 5) is 8.94. The number of halogens is 1. The Kier molecular flexibility index (Phi) is 10.8. The highest BCUT2D eigenvalue weighted by molar-refractivity contribution is 9.09. The maximum absolute atomic E-state index is 4.78. The third-order valence-corrected chi connectivity index (χ3v) is 6.99. The molecule has 2 rings (SSSR count). The van der Waals surface area contributed by atoms with Crippen LogP contribution in [0.1, 0.15) is 87.0 Å². The number of H-pyrrole nitrogens is 1. The summed E-state index contributed by atoms with van der Waals surface area (Å²) in [6, 6.07) is 11.0. The van der Waals surface area contributed by atoms with Crippen LogP contribution < -0.4 is 0 Å². The van der Waals surface area contributed by atoms with Crippen molar-refractivity contribution in [3.63, 3.8) is 0 Å². The van der Waals surface area contributed by atoms with Crippen LogP contribution in [0, 0.1) is 19.8 Å². The highest BCUT2D eigenvalue weighted by Gasteiger charge is 2.24. The normalized spacial score (nSPS) is 14.5. The number of allylic oxidation sites excluding steroid dienone is 1. The first-order valence-corrected chi connectivity index (χ1v) is 12.3. The van der Waals surface area contributed by atoms with Crippen molar-refractivity contribution in [1.82, 2.24) is 9.97 Å². The molecule has 2 aromatic rings. The molecule has 0 saturated heterocycles. The van der Waals surface area contributed by atoms with E-state index >= 15 is 0 Å². The zero-order valence-electron chi connectivity index (χ0n) is 18.6. The van der Waals surface area contributed by atoms with E-state index in [0.717, 1.165) is 24.4 Å². The molecule has 0 radical (unpaired) electrons. The molecule has 1 N–H and O–H groups in total. The summed E-state index contributed by atoms with van der Waals surface area (Å²) in [6.07, 6.45) is 13.2. The Hall–Kier alpha value is -1.35. The summed E-state index contributed by atoms with van der Waals surface area (Å²) in [7, 11) is 0. The number of aromatic nitrogens is 2. The van der Waals surface area contributed by atoms with Gasteiger partial charge in [0, 0.05) is 16.9 Å². The lowest BCUT2D eigenvalue weighted by atomic mass is 9.78. The maximum Gasteiger partial charge on any atom is 0.107 e. The number of unbranched alkanes of at least 4 members (excludes halogenated alkanes) is 2. The second kappa shape index (κ2) is 13.1. The first kappa shape index (κ1) is 23.9. The monoisotopic (exact) mass is 458 g/mol. The van der Waals surface area contributed by atoms with Crippen molar-refractivity contribution in [3.8, 4) is 0 Å². The number of benzene rings is 1. The Morgan fingerprint density at radius 2 is 1.79 bits per heavy atom. The minimum atomic E-state index is 0.466. The van der Waals surface area contributed by atoms with Crippen LogP contribution in [0.5, 0.6) is 0 Å². The standard InChI is InChI=1S/C26H39BrN2/c1-5-7-9-17-24(27)18-12-16-22(13-6-2)25(23-14-10-8-11-15-23)19-26-28-20(3)21(4)29-26/h6,8,10-11,14-15,22,24-25H,2,5,7,9,12-13,16-19H2,1,3-4H3,(H,28,29). The molecule has 0 fully saturated rings. The number of hydrogen-bond donors (Lipinski definition) is 1. The Labute approximate surface area is 186 Å². The van der Waals surface area contributed by atoms with Crippen molar-refractivity contribution in [2.24, 2.45) is 5.92 Å². The third kappa shape index (κ3) is 8.12. The van der Waals surface area contributed by atoms with Gasteiger partial charge in [0.05, 0.1) is 5.69 Å². The summed E-state index contributed by atoms with van der Waals surface area (Å²) in [6.45, 7) is 10.5. The molecule has 3 heteroatoms. The van der Waals surface area contributed by atoms with E-state index in [0.29, 0.717) is 16.7 Å². The fraction of sp³-hybridized carbons (Fsp3) is 0.577. The predicted molar refractivity (Wildman–Crippen MR) is 130 cm³/mol. The van der Waals surface area contributed by atoms with Gasteiger partial charge in [-0.25, -0.2) is 4.98 Å². The van der Waals surface area contributed by atoms with E-state index < -0.39 is 0 Å². The Bertz CT molecular complexity index is 687. The fourth-order valence-electron chi connectivity index (χ4n) is 4.24. The van der Waals surface area contributed by atoms with Crippen LogP contribution in [0.2, 0.25) is 0 Å². The summed E-state index contributed by atoms with van der Waals surface area (Å²) in [5.41, 5.74) is 3.71. The van der Waals surface area contributed by atoms with Gasteiger partial charge >= 0.3 is 0 Å². The molecule has 0 amide bonds. The predicted octanol–water partition coefficient (Wildman–Crippen LogP) is 8.06. The lowest BCUT2D eigenvalue weighted by molar-refractivity contribution is 0.375. The summed E-state index contributed by atoms with van der Waals surface area (Å²) >= 11 is 3.91. The van der Waals surface area contributed by atoms with Crippen molar-refractivity contribution in [1.29, 1.82) is 0 Å². The number of rotatable bonds is 14. The third-order valence-electron chi connectivity index (χ3n) is 6.07. The highest BCUT2D eigenvalue weighted by Crippen LogP contribution is 2.35. The van der Waals surface area contributed by atoms with E-state index in [2.05, 4.69) is 84.7 Å². The van der Waals surface area contributed by atoms with E-state index in [1.165, 1.54) is 56.2 Å². The van der Waals surface area contributed by atoms with E-state index in [1.807, 2.05) is 0 Å². The number of nitrogens with zero attached hydrogens (tertiary/aromatic N) is 1. The fourth-order valence-corrected chi connectivity index (χ4v) is 4.89. The molecule has 1 heterocycles. The first-order valence-electron chi connectivity index (χ1n) is 11.4. The highest BCUT2D eigenvalue weighted by atomic mass is 79.9. The van der Waals surface area contributed by atoms with Crippen LogP contribution in [-0.4, -0.2) is 14.8 Å². The number of aryl methyl sites for hydroxylation is 2. The number of nitrogens with one attached hydrogen (secondary N) is 1. The second-order valence-corrected chi connectivity index (χ2v) is 9.72. The van der Waals surface area contributed by atoms with Crippen LogP contribution in [0.15, 0.2) is 43.0 Å². The lowest BCUT2D eigenvalue weighted by Gasteiger charge is -2.27. The van der Waals surface area contributed by atoms with E-state index in [1.54, 1.807) is 0 Å². The van der Waals surface area contributed by atoms with Crippen LogP contribution >= 0.6 is 15.9 Å². The van der Waals surface area contributed by atoms with Gasteiger partial charge in [-0.15, -0.1) is 6.58 Å². The van der Waals surface area contributed by atoms with Crippen molar-refractivity contribution >= 4 is 15.9 Å². The molecule has 160 valence electrons. The van der Waals surface area contributed by atoms with Gasteiger partial charge in [-0.3, -0.25) is 0 Å². The minimum absolute atomic E-state index is 0.466. The topological polar surface area (TPSA) is 28.7 Å². The molecule has 0 spiro atoms. The molecular formula is C26H39BrN2. The van der Waals surface area contributed by atoms with Gasteiger partial charge in [-0.1, -0.05) is 84.9 Å². The molecule has 2 nitrogen and oxygen atoms in total. The average Bonchev–Trinajstić information content (AvgIpc) is 3.03. The van der Waals surface area contributed by atoms with Gasteiger partial charge < -0.3 is 4.98 Å². The second-order valence-electron chi connectivity index (χ2n) is 8.42. The average molecular weight is 460 g/mol. The molecule has 0 aliphatic heterocycles. The molecular weight excluding hydrogens is 420 g/mol. The van der Waals surface area contributed by atoms with E-state index in [-0.39, 0.29) is 0 Å². The summed E-state index contributed by atoms with van der Waals surface area (Å²) < 4.78 is 0. The number of imidazole rings is 1. The number of aromatic amines is 1. The molecule has 1 aromatic carbocycles. The molecule has 3 atom stereocenters. The molecule has 0 bridgehead atoms. The zero-order chi connectivity index (χ0) is 21.1.